The van der Waals surface area contributed by atoms with Gasteiger partial charge < -0.3 is 4.74 Å². The van der Waals surface area contributed by atoms with E-state index in [9.17, 15) is 10.1 Å². The number of fused-ring (bicyclic) bond motifs is 1. The van der Waals surface area contributed by atoms with Gasteiger partial charge in [0.15, 0.2) is 0 Å². The highest BCUT2D eigenvalue weighted by atomic mass is 16.6. The second-order valence-corrected chi connectivity index (χ2v) is 6.93. The van der Waals surface area contributed by atoms with Crippen LogP contribution in [0.3, 0.4) is 0 Å². The number of hydrogen-bond donors (Lipinski definition) is 0. The van der Waals surface area contributed by atoms with Crippen LogP contribution in [0.1, 0.15) is 33.6 Å². The van der Waals surface area contributed by atoms with E-state index in [0.29, 0.717) is 11.7 Å². The summed E-state index contributed by atoms with van der Waals surface area (Å²) >= 11 is 0. The van der Waals surface area contributed by atoms with Gasteiger partial charge in [0.05, 0.1) is 4.92 Å². The topological polar surface area (TPSA) is 52.4 Å². The molecule has 2 aromatic carbocycles. The van der Waals surface area contributed by atoms with Gasteiger partial charge in [0, 0.05) is 11.5 Å². The lowest BCUT2D eigenvalue weighted by atomic mass is 10.0. The minimum Gasteiger partial charge on any atom is -0.480 e. The fourth-order valence-corrected chi connectivity index (χ4v) is 3.10. The summed E-state index contributed by atoms with van der Waals surface area (Å²) in [6.07, 6.45) is 7.87. The highest BCUT2D eigenvalue weighted by molar-refractivity contribution is 5.92. The third-order valence-electron chi connectivity index (χ3n) is 5.04. The van der Waals surface area contributed by atoms with Crippen LogP contribution in [0.15, 0.2) is 36.4 Å². The van der Waals surface area contributed by atoms with Crippen LogP contribution < -0.4 is 15.2 Å². The maximum atomic E-state index is 11.5. The van der Waals surface area contributed by atoms with Crippen molar-refractivity contribution >= 4 is 29.1 Å². The van der Waals surface area contributed by atoms with E-state index >= 15 is 0 Å². The van der Waals surface area contributed by atoms with Crippen LogP contribution in [-0.4, -0.2) is 10.5 Å². The van der Waals surface area contributed by atoms with Gasteiger partial charge in [-0.25, -0.2) is 0 Å². The molecule has 0 spiro atoms. The third kappa shape index (κ3) is 3.16. The minimum atomic E-state index is -0.377. The molecule has 25 heavy (non-hydrogen) atoms. The minimum absolute atomic E-state index is 0.000949. The van der Waals surface area contributed by atoms with Crippen LogP contribution >= 0.6 is 0 Å². The van der Waals surface area contributed by atoms with E-state index in [1.807, 2.05) is 31.2 Å². The standard InChI is InChI=1S/C21H23NO3/c1-5-6-7-8-16-9-10-17-11-12-18(22(23)24)20(19(17)15(16)3)25-21(4)13-14(21)2/h6-12,14H,3,5,13H2,1-2,4H3/b7-6-,16-8-/t14-,21?/m1/s1. The van der Waals surface area contributed by atoms with E-state index in [1.165, 1.54) is 6.07 Å². The molecule has 2 aromatic rings. The molecule has 0 N–H and O–H groups in total. The average molecular weight is 337 g/mol. The van der Waals surface area contributed by atoms with E-state index in [-0.39, 0.29) is 16.2 Å². The predicted octanol–water partition coefficient (Wildman–Crippen LogP) is 4.08. The molecule has 1 aliphatic carbocycles. The lowest BCUT2D eigenvalue weighted by Gasteiger charge is -2.16. The lowest BCUT2D eigenvalue weighted by molar-refractivity contribution is -0.386. The van der Waals surface area contributed by atoms with Crippen molar-refractivity contribution in [2.75, 3.05) is 0 Å². The first-order valence-electron chi connectivity index (χ1n) is 8.62. The summed E-state index contributed by atoms with van der Waals surface area (Å²) in [5, 5.41) is 14.9. The predicted molar refractivity (Wildman–Crippen MR) is 102 cm³/mol. The molecule has 3 rings (SSSR count). The molecule has 0 amide bonds. The molecule has 0 bridgehead atoms. The third-order valence-corrected chi connectivity index (χ3v) is 5.04. The molecule has 0 heterocycles. The van der Waals surface area contributed by atoms with Gasteiger partial charge in [0.25, 0.3) is 0 Å². The Hall–Kier alpha value is -2.62. The van der Waals surface area contributed by atoms with Crippen molar-refractivity contribution in [3.8, 4) is 5.75 Å². The van der Waals surface area contributed by atoms with E-state index in [1.54, 1.807) is 6.07 Å². The Bertz CT molecular complexity index is 977. The van der Waals surface area contributed by atoms with E-state index < -0.39 is 0 Å². The second kappa shape index (κ2) is 6.36. The Morgan fingerprint density at radius 3 is 2.68 bits per heavy atom. The number of hydrogen-bond acceptors (Lipinski definition) is 3. The van der Waals surface area contributed by atoms with Crippen molar-refractivity contribution < 1.29 is 9.66 Å². The molecular weight excluding hydrogens is 314 g/mol. The zero-order valence-corrected chi connectivity index (χ0v) is 14.9. The Morgan fingerprint density at radius 2 is 2.08 bits per heavy atom. The van der Waals surface area contributed by atoms with Gasteiger partial charge in [-0.15, -0.1) is 0 Å². The monoisotopic (exact) mass is 337 g/mol. The maximum Gasteiger partial charge on any atom is 0.311 e. The number of rotatable bonds is 5. The smallest absolute Gasteiger partial charge is 0.311 e. The molecule has 1 aliphatic rings. The van der Waals surface area contributed by atoms with Crippen LogP contribution in [0.5, 0.6) is 5.75 Å². The van der Waals surface area contributed by atoms with Gasteiger partial charge in [0.2, 0.25) is 5.75 Å². The molecule has 0 aromatic heterocycles. The summed E-state index contributed by atoms with van der Waals surface area (Å²) in [6, 6.07) is 7.24. The summed E-state index contributed by atoms with van der Waals surface area (Å²) in [6.45, 7) is 10.4. The summed E-state index contributed by atoms with van der Waals surface area (Å²) in [4.78, 5) is 11.2. The number of allylic oxidation sites excluding steroid dienone is 2. The summed E-state index contributed by atoms with van der Waals surface area (Å²) in [5.74, 6) is 0.729. The maximum absolute atomic E-state index is 11.5. The number of benzene rings is 2. The zero-order valence-electron chi connectivity index (χ0n) is 14.9. The normalized spacial score (nSPS) is 23.3. The fourth-order valence-electron chi connectivity index (χ4n) is 3.10. The summed E-state index contributed by atoms with van der Waals surface area (Å²) in [7, 11) is 0. The molecule has 2 atom stereocenters. The number of nitrogens with zero attached hydrogens (tertiary/aromatic N) is 1. The van der Waals surface area contributed by atoms with Crippen LogP contribution in [-0.2, 0) is 0 Å². The molecule has 130 valence electrons. The van der Waals surface area contributed by atoms with Crippen molar-refractivity contribution in [2.24, 2.45) is 5.92 Å². The first-order valence-corrected chi connectivity index (χ1v) is 8.62. The van der Waals surface area contributed by atoms with Crippen molar-refractivity contribution in [2.45, 2.75) is 39.2 Å². The highest BCUT2D eigenvalue weighted by Gasteiger charge is 2.50. The summed E-state index contributed by atoms with van der Waals surface area (Å²) < 4.78 is 6.18. The van der Waals surface area contributed by atoms with Crippen molar-refractivity contribution in [1.29, 1.82) is 0 Å². The largest absolute Gasteiger partial charge is 0.480 e. The van der Waals surface area contributed by atoms with Gasteiger partial charge >= 0.3 is 5.69 Å². The van der Waals surface area contributed by atoms with Gasteiger partial charge in [0.1, 0.15) is 5.60 Å². The fraction of sp³-hybridized carbons (Fsp3) is 0.333. The number of nitro groups is 1. The van der Waals surface area contributed by atoms with Crippen LogP contribution in [0.25, 0.3) is 23.4 Å². The number of nitro benzene ring substituents is 1. The second-order valence-electron chi connectivity index (χ2n) is 6.93. The quantitative estimate of drug-likeness (QED) is 0.610. The van der Waals surface area contributed by atoms with E-state index in [0.717, 1.165) is 34.1 Å². The molecule has 4 heteroatoms. The summed E-state index contributed by atoms with van der Waals surface area (Å²) in [5.41, 5.74) is -0.341. The van der Waals surface area contributed by atoms with Gasteiger partial charge in [-0.05, 0) is 47.6 Å². The van der Waals surface area contributed by atoms with Crippen LogP contribution in [0, 0.1) is 16.0 Å². The van der Waals surface area contributed by atoms with Gasteiger partial charge in [-0.3, -0.25) is 10.1 Å². The zero-order chi connectivity index (χ0) is 18.2. The Morgan fingerprint density at radius 1 is 1.40 bits per heavy atom. The Labute approximate surface area is 147 Å². The van der Waals surface area contributed by atoms with Crippen LogP contribution in [0.2, 0.25) is 0 Å². The van der Waals surface area contributed by atoms with Crippen molar-refractivity contribution in [3.63, 3.8) is 0 Å². The molecule has 0 aliphatic heterocycles. The van der Waals surface area contributed by atoms with Crippen LogP contribution in [0.4, 0.5) is 5.69 Å². The average Bonchev–Trinajstić information content (AvgIpc) is 3.15. The van der Waals surface area contributed by atoms with E-state index in [4.69, 9.17) is 4.74 Å². The highest BCUT2D eigenvalue weighted by Crippen LogP contribution is 2.48. The lowest BCUT2D eigenvalue weighted by Crippen LogP contribution is -2.25. The van der Waals surface area contributed by atoms with Crippen molar-refractivity contribution in [1.82, 2.24) is 0 Å². The SMILES string of the molecule is C=c1/c(=C\C=C/CC)ccc2ccc([N+](=O)[O-])c(OC3(C)C[C@H]3C)c12. The first kappa shape index (κ1) is 17.2. The molecule has 1 saturated carbocycles. The molecule has 4 nitrogen and oxygen atoms in total. The van der Waals surface area contributed by atoms with Gasteiger partial charge in [-0.1, -0.05) is 50.8 Å². The molecule has 1 fully saturated rings. The molecule has 0 radical (unpaired) electrons. The van der Waals surface area contributed by atoms with E-state index in [2.05, 4.69) is 26.5 Å². The first-order chi connectivity index (χ1) is 11.9. The Balaban J connectivity index is 2.28. The van der Waals surface area contributed by atoms with Gasteiger partial charge in [-0.2, -0.15) is 0 Å². The Kier molecular flexibility index (Phi) is 4.38. The van der Waals surface area contributed by atoms with Crippen molar-refractivity contribution in [3.05, 3.63) is 57.0 Å². The molecule has 1 unspecified atom stereocenters. The molecule has 0 saturated heterocycles. The number of ether oxygens (including phenoxy) is 1. The molecular formula is C21H23NO3.